The molecule has 0 saturated heterocycles. The van der Waals surface area contributed by atoms with Gasteiger partial charge >= 0.3 is 5.76 Å². The SMILES string of the molecule is CC1(C)CCC(Cn2c(Cc3c(F)cccc3Cl)noc2=O)CC1. The van der Waals surface area contributed by atoms with E-state index >= 15 is 0 Å². The summed E-state index contributed by atoms with van der Waals surface area (Å²) in [6.07, 6.45) is 4.59. The Hall–Kier alpha value is -1.62. The van der Waals surface area contributed by atoms with E-state index in [4.69, 9.17) is 16.1 Å². The van der Waals surface area contributed by atoms with Crippen molar-refractivity contribution in [3.8, 4) is 0 Å². The lowest BCUT2D eigenvalue weighted by Crippen LogP contribution is -2.28. The Kier molecular flexibility index (Phi) is 4.81. The second-order valence-electron chi connectivity index (χ2n) is 7.46. The monoisotopic (exact) mass is 352 g/mol. The summed E-state index contributed by atoms with van der Waals surface area (Å²) in [6.45, 7) is 5.13. The van der Waals surface area contributed by atoms with Gasteiger partial charge < -0.3 is 0 Å². The summed E-state index contributed by atoms with van der Waals surface area (Å²) in [7, 11) is 0. The highest BCUT2D eigenvalue weighted by Gasteiger charge is 2.28. The van der Waals surface area contributed by atoms with Gasteiger partial charge in [-0.2, -0.15) is 0 Å². The number of halogens is 2. The number of rotatable bonds is 4. The van der Waals surface area contributed by atoms with Gasteiger partial charge in [-0.05, 0) is 49.1 Å². The van der Waals surface area contributed by atoms with Gasteiger partial charge in [0.15, 0.2) is 5.82 Å². The van der Waals surface area contributed by atoms with E-state index in [1.54, 1.807) is 12.1 Å². The molecule has 1 heterocycles. The van der Waals surface area contributed by atoms with Crippen LogP contribution in [0.4, 0.5) is 4.39 Å². The van der Waals surface area contributed by atoms with Crippen molar-refractivity contribution in [2.45, 2.75) is 52.5 Å². The molecule has 0 N–H and O–H groups in total. The van der Waals surface area contributed by atoms with Gasteiger partial charge in [0, 0.05) is 23.6 Å². The normalized spacial score (nSPS) is 18.0. The van der Waals surface area contributed by atoms with Gasteiger partial charge in [-0.25, -0.2) is 9.18 Å². The summed E-state index contributed by atoms with van der Waals surface area (Å²) in [5.74, 6) is -0.0342. The van der Waals surface area contributed by atoms with E-state index in [9.17, 15) is 9.18 Å². The summed E-state index contributed by atoms with van der Waals surface area (Å²) in [4.78, 5) is 12.0. The van der Waals surface area contributed by atoms with Crippen molar-refractivity contribution in [1.29, 1.82) is 0 Å². The van der Waals surface area contributed by atoms with Crippen LogP contribution in [0.5, 0.6) is 0 Å². The predicted molar refractivity (Wildman–Crippen MR) is 90.7 cm³/mol. The molecule has 0 aliphatic heterocycles. The van der Waals surface area contributed by atoms with Gasteiger partial charge in [-0.15, -0.1) is 0 Å². The zero-order valence-corrected chi connectivity index (χ0v) is 14.8. The zero-order valence-electron chi connectivity index (χ0n) is 14.0. The van der Waals surface area contributed by atoms with Crippen molar-refractivity contribution in [2.75, 3.05) is 0 Å². The summed E-state index contributed by atoms with van der Waals surface area (Å²) in [5, 5.41) is 4.17. The minimum Gasteiger partial charge on any atom is -0.296 e. The van der Waals surface area contributed by atoms with E-state index in [0.29, 0.717) is 34.3 Å². The Bertz CT molecular complexity index is 751. The first-order valence-electron chi connectivity index (χ1n) is 8.34. The highest BCUT2D eigenvalue weighted by Crippen LogP contribution is 2.38. The highest BCUT2D eigenvalue weighted by molar-refractivity contribution is 6.31. The van der Waals surface area contributed by atoms with E-state index in [1.807, 2.05) is 0 Å². The Labute approximate surface area is 145 Å². The molecule has 0 radical (unpaired) electrons. The number of benzene rings is 1. The molecule has 0 bridgehead atoms. The third kappa shape index (κ3) is 3.72. The molecule has 1 aromatic carbocycles. The van der Waals surface area contributed by atoms with Crippen molar-refractivity contribution >= 4 is 11.6 Å². The molecular weight excluding hydrogens is 331 g/mol. The van der Waals surface area contributed by atoms with E-state index in [2.05, 4.69) is 19.0 Å². The molecule has 0 atom stereocenters. The van der Waals surface area contributed by atoms with E-state index < -0.39 is 11.6 Å². The van der Waals surface area contributed by atoms with Crippen LogP contribution in [0.25, 0.3) is 0 Å². The lowest BCUT2D eigenvalue weighted by molar-refractivity contribution is 0.176. The summed E-state index contributed by atoms with van der Waals surface area (Å²) < 4.78 is 20.3. The first-order chi connectivity index (χ1) is 11.4. The van der Waals surface area contributed by atoms with Crippen molar-refractivity contribution in [2.24, 2.45) is 11.3 Å². The van der Waals surface area contributed by atoms with Crippen LogP contribution in [0.15, 0.2) is 27.5 Å². The van der Waals surface area contributed by atoms with Crippen molar-refractivity contribution < 1.29 is 8.91 Å². The molecule has 6 heteroatoms. The molecule has 1 aromatic heterocycles. The lowest BCUT2D eigenvalue weighted by Gasteiger charge is -2.34. The second kappa shape index (κ2) is 6.71. The first kappa shape index (κ1) is 17.2. The Balaban J connectivity index is 1.79. The molecular formula is C18H22ClFN2O2. The Morgan fingerprint density at radius 1 is 1.38 bits per heavy atom. The van der Waals surface area contributed by atoms with Crippen LogP contribution in [0, 0.1) is 17.2 Å². The fourth-order valence-electron chi connectivity index (χ4n) is 3.36. The summed E-state index contributed by atoms with van der Waals surface area (Å²) >= 11 is 6.08. The second-order valence-corrected chi connectivity index (χ2v) is 7.87. The minimum atomic E-state index is -0.484. The van der Waals surface area contributed by atoms with Crippen LogP contribution in [0.2, 0.25) is 5.02 Å². The molecule has 1 aliphatic carbocycles. The van der Waals surface area contributed by atoms with E-state index in [1.165, 1.54) is 10.6 Å². The van der Waals surface area contributed by atoms with Crippen LogP contribution in [0.1, 0.15) is 50.9 Å². The smallest absolute Gasteiger partial charge is 0.296 e. The van der Waals surface area contributed by atoms with Crippen molar-refractivity contribution in [1.82, 2.24) is 9.72 Å². The fourth-order valence-corrected chi connectivity index (χ4v) is 3.59. The van der Waals surface area contributed by atoms with Gasteiger partial charge in [0.25, 0.3) is 0 Å². The van der Waals surface area contributed by atoms with Crippen molar-refractivity contribution in [3.63, 3.8) is 0 Å². The molecule has 2 aromatic rings. The number of aromatic nitrogens is 2. The largest absolute Gasteiger partial charge is 0.441 e. The maximum atomic E-state index is 14.0. The third-order valence-electron chi connectivity index (χ3n) is 5.06. The summed E-state index contributed by atoms with van der Waals surface area (Å²) in [5.41, 5.74) is 0.714. The quantitative estimate of drug-likeness (QED) is 0.817. The topological polar surface area (TPSA) is 48.0 Å². The molecule has 1 saturated carbocycles. The molecule has 3 rings (SSSR count). The van der Waals surface area contributed by atoms with Gasteiger partial charge in [-0.3, -0.25) is 9.09 Å². The average Bonchev–Trinajstić information content (AvgIpc) is 2.86. The molecule has 130 valence electrons. The van der Waals surface area contributed by atoms with E-state index in [-0.39, 0.29) is 6.42 Å². The van der Waals surface area contributed by atoms with Gasteiger partial charge in [0.2, 0.25) is 0 Å². The molecule has 24 heavy (non-hydrogen) atoms. The fraction of sp³-hybridized carbons (Fsp3) is 0.556. The number of nitrogens with zero attached hydrogens (tertiary/aromatic N) is 2. The lowest BCUT2D eigenvalue weighted by atomic mass is 9.73. The summed E-state index contributed by atoms with van der Waals surface area (Å²) in [6, 6.07) is 4.54. The van der Waals surface area contributed by atoms with E-state index in [0.717, 1.165) is 25.7 Å². The number of hydrogen-bond donors (Lipinski definition) is 0. The standard InChI is InChI=1S/C18H22ClFN2O2/c1-18(2)8-6-12(7-9-18)11-22-16(21-24-17(22)23)10-13-14(19)4-3-5-15(13)20/h3-5,12H,6-11H2,1-2H3. The van der Waals surface area contributed by atoms with Gasteiger partial charge in [-0.1, -0.05) is 36.7 Å². The average molecular weight is 353 g/mol. The maximum absolute atomic E-state index is 14.0. The van der Waals surface area contributed by atoms with Gasteiger partial charge in [0.1, 0.15) is 5.82 Å². The molecule has 0 amide bonds. The van der Waals surface area contributed by atoms with Crippen LogP contribution in [0.3, 0.4) is 0 Å². The highest BCUT2D eigenvalue weighted by atomic mass is 35.5. The van der Waals surface area contributed by atoms with Crippen LogP contribution < -0.4 is 5.76 Å². The molecule has 1 fully saturated rings. The Morgan fingerprint density at radius 3 is 2.75 bits per heavy atom. The number of hydrogen-bond acceptors (Lipinski definition) is 3. The first-order valence-corrected chi connectivity index (χ1v) is 8.72. The van der Waals surface area contributed by atoms with Gasteiger partial charge in [0.05, 0.1) is 0 Å². The van der Waals surface area contributed by atoms with Crippen LogP contribution in [-0.2, 0) is 13.0 Å². The minimum absolute atomic E-state index is 0.148. The van der Waals surface area contributed by atoms with Crippen LogP contribution >= 0.6 is 11.6 Å². The maximum Gasteiger partial charge on any atom is 0.441 e. The Morgan fingerprint density at radius 2 is 2.08 bits per heavy atom. The van der Waals surface area contributed by atoms with Crippen molar-refractivity contribution in [3.05, 3.63) is 51.0 Å². The molecule has 0 unspecified atom stereocenters. The predicted octanol–water partition coefficient (Wildman–Crippen LogP) is 4.44. The third-order valence-corrected chi connectivity index (χ3v) is 5.41. The molecule has 1 aliphatic rings. The zero-order chi connectivity index (χ0) is 17.3. The molecule has 0 spiro atoms. The molecule has 4 nitrogen and oxygen atoms in total. The van der Waals surface area contributed by atoms with Crippen LogP contribution in [-0.4, -0.2) is 9.72 Å².